The molecule has 2 rings (SSSR count). The molecule has 1 aliphatic heterocycles. The monoisotopic (exact) mass is 260 g/mol. The van der Waals surface area contributed by atoms with Gasteiger partial charge in [-0.25, -0.2) is 0 Å². The van der Waals surface area contributed by atoms with E-state index in [9.17, 15) is 4.79 Å². The van der Waals surface area contributed by atoms with Crippen molar-refractivity contribution in [2.75, 3.05) is 18.8 Å². The van der Waals surface area contributed by atoms with Crippen LogP contribution in [0, 0.1) is 5.92 Å². The van der Waals surface area contributed by atoms with Crippen LogP contribution in [0.15, 0.2) is 24.3 Å². The molecular formula is C16H24N2O. The van der Waals surface area contributed by atoms with Crippen molar-refractivity contribution in [2.24, 2.45) is 5.92 Å². The number of likely N-dealkylation sites (tertiary alicyclic amines) is 1. The van der Waals surface area contributed by atoms with E-state index in [0.29, 0.717) is 0 Å². The fourth-order valence-electron chi connectivity index (χ4n) is 2.81. The number of anilines is 1. The largest absolute Gasteiger partial charge is 0.399 e. The van der Waals surface area contributed by atoms with Crippen LogP contribution in [0.1, 0.15) is 44.6 Å². The van der Waals surface area contributed by atoms with Gasteiger partial charge in [-0.15, -0.1) is 0 Å². The van der Waals surface area contributed by atoms with Gasteiger partial charge in [-0.1, -0.05) is 25.5 Å². The van der Waals surface area contributed by atoms with E-state index in [1.54, 1.807) is 0 Å². The third-order valence-corrected chi connectivity index (χ3v) is 4.28. The summed E-state index contributed by atoms with van der Waals surface area (Å²) >= 11 is 0. The maximum Gasteiger partial charge on any atom is 0.229 e. The maximum absolute atomic E-state index is 12.5. The molecule has 2 N–H and O–H groups in total. The summed E-state index contributed by atoms with van der Waals surface area (Å²) < 4.78 is 0. The molecule has 1 aromatic carbocycles. The highest BCUT2D eigenvalue weighted by Crippen LogP contribution is 2.25. The molecule has 1 saturated heterocycles. The van der Waals surface area contributed by atoms with E-state index in [2.05, 4.69) is 6.92 Å². The van der Waals surface area contributed by atoms with Crippen molar-refractivity contribution in [1.29, 1.82) is 0 Å². The average molecular weight is 260 g/mol. The highest BCUT2D eigenvalue weighted by molar-refractivity contribution is 5.83. The lowest BCUT2D eigenvalue weighted by atomic mass is 9.92. The minimum absolute atomic E-state index is 0.0957. The van der Waals surface area contributed by atoms with Crippen LogP contribution in [-0.2, 0) is 4.79 Å². The first-order chi connectivity index (χ1) is 9.11. The molecule has 1 fully saturated rings. The van der Waals surface area contributed by atoms with Crippen molar-refractivity contribution in [3.05, 3.63) is 29.8 Å². The molecule has 3 nitrogen and oxygen atoms in total. The Morgan fingerprint density at radius 2 is 2.11 bits per heavy atom. The molecule has 1 unspecified atom stereocenters. The normalized spacial score (nSPS) is 18.3. The second-order valence-electron chi connectivity index (χ2n) is 5.57. The third kappa shape index (κ3) is 3.28. The van der Waals surface area contributed by atoms with Crippen molar-refractivity contribution in [3.63, 3.8) is 0 Å². The second-order valence-corrected chi connectivity index (χ2v) is 5.57. The van der Waals surface area contributed by atoms with E-state index >= 15 is 0 Å². The zero-order valence-electron chi connectivity index (χ0n) is 11.9. The smallest absolute Gasteiger partial charge is 0.229 e. The first-order valence-electron chi connectivity index (χ1n) is 7.26. The molecule has 1 aromatic rings. The van der Waals surface area contributed by atoms with Crippen molar-refractivity contribution in [2.45, 2.75) is 39.0 Å². The number of benzene rings is 1. The summed E-state index contributed by atoms with van der Waals surface area (Å²) in [6, 6.07) is 7.66. The number of hydrogen-bond acceptors (Lipinski definition) is 2. The molecule has 19 heavy (non-hydrogen) atoms. The van der Waals surface area contributed by atoms with Crippen LogP contribution in [0.2, 0.25) is 0 Å². The summed E-state index contributed by atoms with van der Waals surface area (Å²) in [7, 11) is 0. The average Bonchev–Trinajstić information content (AvgIpc) is 2.46. The number of amides is 1. The summed E-state index contributed by atoms with van der Waals surface area (Å²) in [6.07, 6.45) is 3.52. The number of hydrogen-bond donors (Lipinski definition) is 1. The van der Waals surface area contributed by atoms with Crippen LogP contribution in [0.3, 0.4) is 0 Å². The molecule has 1 amide bonds. The van der Waals surface area contributed by atoms with Crippen molar-refractivity contribution in [1.82, 2.24) is 4.90 Å². The highest BCUT2D eigenvalue weighted by Gasteiger charge is 2.26. The first kappa shape index (κ1) is 13.9. The fourth-order valence-corrected chi connectivity index (χ4v) is 2.81. The molecule has 0 aromatic heterocycles. The Labute approximate surface area is 115 Å². The molecule has 1 aliphatic rings. The number of carbonyl (C=O) groups is 1. The molecule has 0 bridgehead atoms. The quantitative estimate of drug-likeness (QED) is 0.849. The van der Waals surface area contributed by atoms with E-state index in [-0.39, 0.29) is 11.8 Å². The van der Waals surface area contributed by atoms with Crippen molar-refractivity contribution in [3.8, 4) is 0 Å². The van der Waals surface area contributed by atoms with Crippen LogP contribution < -0.4 is 5.73 Å². The number of piperidine rings is 1. The maximum atomic E-state index is 12.5. The summed E-state index contributed by atoms with van der Waals surface area (Å²) in [5, 5.41) is 0. The predicted octanol–water partition coefficient (Wildman–Crippen LogP) is 3.02. The Kier molecular flexibility index (Phi) is 4.46. The number of rotatable bonds is 3. The van der Waals surface area contributed by atoms with Gasteiger partial charge in [-0.3, -0.25) is 4.79 Å². The van der Waals surface area contributed by atoms with Gasteiger partial charge in [-0.2, -0.15) is 0 Å². The molecular weight excluding hydrogens is 236 g/mol. The number of nitrogens with two attached hydrogens (primary N) is 1. The molecule has 3 heteroatoms. The van der Waals surface area contributed by atoms with Crippen LogP contribution in [0.4, 0.5) is 5.69 Å². The van der Waals surface area contributed by atoms with Gasteiger partial charge in [0.1, 0.15) is 0 Å². The predicted molar refractivity (Wildman–Crippen MR) is 78.9 cm³/mol. The Hall–Kier alpha value is -1.51. The van der Waals surface area contributed by atoms with E-state index in [1.165, 1.54) is 6.42 Å². The first-order valence-corrected chi connectivity index (χ1v) is 7.26. The Morgan fingerprint density at radius 3 is 2.68 bits per heavy atom. The van der Waals surface area contributed by atoms with Crippen LogP contribution in [0.5, 0.6) is 0 Å². The molecule has 0 radical (unpaired) electrons. The number of carbonyl (C=O) groups excluding carboxylic acids is 1. The van der Waals surface area contributed by atoms with E-state index < -0.39 is 0 Å². The molecule has 0 aliphatic carbocycles. The summed E-state index contributed by atoms with van der Waals surface area (Å²) in [6.45, 7) is 6.02. The topological polar surface area (TPSA) is 46.3 Å². The van der Waals surface area contributed by atoms with Gasteiger partial charge in [0, 0.05) is 18.8 Å². The zero-order valence-corrected chi connectivity index (χ0v) is 11.9. The van der Waals surface area contributed by atoms with E-state index in [0.717, 1.165) is 43.1 Å². The zero-order chi connectivity index (χ0) is 13.8. The van der Waals surface area contributed by atoms with E-state index in [1.807, 2.05) is 36.1 Å². The standard InChI is InChI=1S/C16H24N2O/c1-3-13-7-9-18(10-8-13)16(19)12(2)14-5-4-6-15(17)11-14/h4-6,11-13H,3,7-10,17H2,1-2H3. The minimum atomic E-state index is -0.0957. The number of nitrogen functional groups attached to an aromatic ring is 1. The van der Waals surface area contributed by atoms with Gasteiger partial charge in [0.05, 0.1) is 5.92 Å². The Morgan fingerprint density at radius 1 is 1.42 bits per heavy atom. The van der Waals surface area contributed by atoms with Gasteiger partial charge < -0.3 is 10.6 Å². The Balaban J connectivity index is 2.00. The Bertz CT molecular complexity index is 436. The summed E-state index contributed by atoms with van der Waals surface area (Å²) in [4.78, 5) is 14.5. The molecule has 1 atom stereocenters. The highest BCUT2D eigenvalue weighted by atomic mass is 16.2. The van der Waals surface area contributed by atoms with Gasteiger partial charge >= 0.3 is 0 Å². The lowest BCUT2D eigenvalue weighted by Gasteiger charge is -2.33. The SMILES string of the molecule is CCC1CCN(C(=O)C(C)c2cccc(N)c2)CC1. The van der Waals surface area contributed by atoms with Crippen molar-refractivity contribution < 1.29 is 4.79 Å². The van der Waals surface area contributed by atoms with Crippen LogP contribution in [-0.4, -0.2) is 23.9 Å². The van der Waals surface area contributed by atoms with Gasteiger partial charge in [0.2, 0.25) is 5.91 Å². The van der Waals surface area contributed by atoms with Crippen molar-refractivity contribution >= 4 is 11.6 Å². The molecule has 104 valence electrons. The number of nitrogens with zero attached hydrogens (tertiary/aromatic N) is 1. The molecule has 0 spiro atoms. The lowest BCUT2D eigenvalue weighted by molar-refractivity contribution is -0.133. The van der Waals surface area contributed by atoms with E-state index in [4.69, 9.17) is 5.73 Å². The van der Waals surface area contributed by atoms with Gasteiger partial charge in [0.25, 0.3) is 0 Å². The summed E-state index contributed by atoms with van der Waals surface area (Å²) in [5.41, 5.74) is 7.53. The van der Waals surface area contributed by atoms with Gasteiger partial charge in [0.15, 0.2) is 0 Å². The van der Waals surface area contributed by atoms with Gasteiger partial charge in [-0.05, 0) is 43.4 Å². The fraction of sp³-hybridized carbons (Fsp3) is 0.562. The molecule has 0 saturated carbocycles. The third-order valence-electron chi connectivity index (χ3n) is 4.28. The second kappa shape index (κ2) is 6.09. The minimum Gasteiger partial charge on any atom is -0.399 e. The lowest BCUT2D eigenvalue weighted by Crippen LogP contribution is -2.40. The molecule has 1 heterocycles. The van der Waals surface area contributed by atoms with Crippen LogP contribution >= 0.6 is 0 Å². The summed E-state index contributed by atoms with van der Waals surface area (Å²) in [5.74, 6) is 0.938. The van der Waals surface area contributed by atoms with Crippen LogP contribution in [0.25, 0.3) is 0 Å².